The third-order valence-corrected chi connectivity index (χ3v) is 4.05. The van der Waals surface area contributed by atoms with Crippen LogP contribution in [0.2, 0.25) is 0 Å². The van der Waals surface area contributed by atoms with Gasteiger partial charge in [0.15, 0.2) is 0 Å². The van der Waals surface area contributed by atoms with Crippen LogP contribution in [0.4, 0.5) is 0 Å². The van der Waals surface area contributed by atoms with Gasteiger partial charge in [-0.25, -0.2) is 4.79 Å². The smallest absolute Gasteiger partial charge is 0.348 e. The molecule has 0 radical (unpaired) electrons. The molecule has 7 heteroatoms. The predicted molar refractivity (Wildman–Crippen MR) is 97.9 cm³/mol. The van der Waals surface area contributed by atoms with Gasteiger partial charge in [-0.05, 0) is 34.5 Å². The zero-order valence-electron chi connectivity index (χ0n) is 14.6. The van der Waals surface area contributed by atoms with Crippen LogP contribution in [0, 0.1) is 0 Å². The summed E-state index contributed by atoms with van der Waals surface area (Å²) in [4.78, 5) is 24.8. The lowest BCUT2D eigenvalue weighted by atomic mass is 10.0. The van der Waals surface area contributed by atoms with Crippen molar-refractivity contribution in [3.8, 4) is 5.69 Å². The number of nitrogens with zero attached hydrogens (tertiary/aromatic N) is 4. The largest absolute Gasteiger partial charge is 0.368 e. The number of nitrogens with one attached hydrogen (secondary N) is 1. The van der Waals surface area contributed by atoms with Crippen molar-refractivity contribution in [3.05, 3.63) is 76.7 Å². The molecule has 0 spiro atoms. The van der Waals surface area contributed by atoms with Crippen LogP contribution in [0.3, 0.4) is 0 Å². The molecule has 0 aliphatic rings. The van der Waals surface area contributed by atoms with E-state index in [4.69, 9.17) is 0 Å². The lowest BCUT2D eigenvalue weighted by molar-refractivity contribution is -0.122. The maximum atomic E-state index is 12.4. The number of benzene rings is 2. The third kappa shape index (κ3) is 4.05. The normalized spacial score (nSPS) is 11.9. The molecule has 3 rings (SSSR count). The molecule has 134 valence electrons. The van der Waals surface area contributed by atoms with Crippen molar-refractivity contribution in [3.63, 3.8) is 0 Å². The van der Waals surface area contributed by atoms with Gasteiger partial charge in [0.2, 0.25) is 5.91 Å². The molecule has 26 heavy (non-hydrogen) atoms. The fourth-order valence-corrected chi connectivity index (χ4v) is 2.78. The second-order valence-electron chi connectivity index (χ2n) is 5.99. The molecule has 0 fully saturated rings. The van der Waals surface area contributed by atoms with Gasteiger partial charge in [-0.15, -0.1) is 0 Å². The van der Waals surface area contributed by atoms with Crippen molar-refractivity contribution in [1.82, 2.24) is 25.1 Å². The molecule has 0 saturated carbocycles. The van der Waals surface area contributed by atoms with Crippen molar-refractivity contribution in [1.29, 1.82) is 0 Å². The molecule has 0 unspecified atom stereocenters. The van der Waals surface area contributed by atoms with Crippen LogP contribution in [-0.2, 0) is 11.3 Å². The fourth-order valence-electron chi connectivity index (χ4n) is 2.78. The summed E-state index contributed by atoms with van der Waals surface area (Å²) >= 11 is 0. The number of carbonyl (C=O) groups excluding carboxylic acids is 1. The maximum Gasteiger partial charge on any atom is 0.368 e. The minimum absolute atomic E-state index is 0.0893. The molecule has 1 N–H and O–H groups in total. The zero-order chi connectivity index (χ0) is 18.4. The Morgan fingerprint density at radius 1 is 1.04 bits per heavy atom. The first-order chi connectivity index (χ1) is 12.7. The Morgan fingerprint density at radius 3 is 2.35 bits per heavy atom. The number of hydrogen-bond donors (Lipinski definition) is 1. The van der Waals surface area contributed by atoms with E-state index >= 15 is 0 Å². The Kier molecular flexibility index (Phi) is 5.58. The van der Waals surface area contributed by atoms with E-state index in [9.17, 15) is 9.59 Å². The number of rotatable bonds is 7. The van der Waals surface area contributed by atoms with Gasteiger partial charge in [-0.1, -0.05) is 61.9 Å². The SMILES string of the molecule is CCC[C@@H](NC(=O)Cn1nnn(-c2ccccc2)c1=O)c1ccccc1. The van der Waals surface area contributed by atoms with Crippen molar-refractivity contribution in [2.24, 2.45) is 0 Å². The van der Waals surface area contributed by atoms with Crippen molar-refractivity contribution >= 4 is 5.91 Å². The summed E-state index contributed by atoms with van der Waals surface area (Å²) in [5.74, 6) is -0.269. The van der Waals surface area contributed by atoms with Crippen molar-refractivity contribution in [2.75, 3.05) is 0 Å². The number of carbonyl (C=O) groups is 1. The van der Waals surface area contributed by atoms with Crippen LogP contribution in [0.5, 0.6) is 0 Å². The Morgan fingerprint density at radius 2 is 1.69 bits per heavy atom. The monoisotopic (exact) mass is 351 g/mol. The molecule has 0 bridgehead atoms. The Hall–Kier alpha value is -3.22. The first-order valence-electron chi connectivity index (χ1n) is 8.61. The van der Waals surface area contributed by atoms with Crippen LogP contribution in [0.1, 0.15) is 31.4 Å². The summed E-state index contributed by atoms with van der Waals surface area (Å²) in [6.07, 6.45) is 1.76. The molecule has 0 saturated heterocycles. The van der Waals surface area contributed by atoms with E-state index in [1.807, 2.05) is 48.5 Å². The van der Waals surface area contributed by atoms with Crippen molar-refractivity contribution in [2.45, 2.75) is 32.4 Å². The topological polar surface area (TPSA) is 81.8 Å². The lowest BCUT2D eigenvalue weighted by Gasteiger charge is -2.18. The van der Waals surface area contributed by atoms with Gasteiger partial charge in [-0.2, -0.15) is 9.36 Å². The van der Waals surface area contributed by atoms with Gasteiger partial charge in [0.1, 0.15) is 6.54 Å². The molecule has 1 aromatic heterocycles. The van der Waals surface area contributed by atoms with E-state index in [-0.39, 0.29) is 18.5 Å². The Labute approximate surface area is 151 Å². The molecule has 1 heterocycles. The first kappa shape index (κ1) is 17.6. The van der Waals surface area contributed by atoms with E-state index in [1.54, 1.807) is 12.1 Å². The van der Waals surface area contributed by atoms with Crippen LogP contribution in [-0.4, -0.2) is 25.7 Å². The summed E-state index contributed by atoms with van der Waals surface area (Å²) in [5.41, 5.74) is 1.21. The molecular weight excluding hydrogens is 330 g/mol. The predicted octanol–water partition coefficient (Wildman–Crippen LogP) is 2.09. The third-order valence-electron chi connectivity index (χ3n) is 4.05. The van der Waals surface area contributed by atoms with Crippen LogP contribution in [0.15, 0.2) is 65.5 Å². The minimum Gasteiger partial charge on any atom is -0.348 e. The number of hydrogen-bond acceptors (Lipinski definition) is 4. The summed E-state index contributed by atoms with van der Waals surface area (Å²) in [6, 6.07) is 18.7. The molecule has 2 aromatic carbocycles. The van der Waals surface area contributed by atoms with Crippen LogP contribution >= 0.6 is 0 Å². The quantitative estimate of drug-likeness (QED) is 0.707. The van der Waals surface area contributed by atoms with Gasteiger partial charge < -0.3 is 5.32 Å². The molecule has 1 atom stereocenters. The van der Waals surface area contributed by atoms with Gasteiger partial charge in [0, 0.05) is 0 Å². The van der Waals surface area contributed by atoms with Gasteiger partial charge in [-0.3, -0.25) is 4.79 Å². The van der Waals surface area contributed by atoms with E-state index in [0.717, 1.165) is 23.1 Å². The van der Waals surface area contributed by atoms with E-state index in [2.05, 4.69) is 22.7 Å². The number of amides is 1. The highest BCUT2D eigenvalue weighted by Gasteiger charge is 2.16. The van der Waals surface area contributed by atoms with E-state index in [0.29, 0.717) is 5.69 Å². The zero-order valence-corrected chi connectivity index (χ0v) is 14.6. The standard InChI is InChI=1S/C19H21N5O2/c1-2-9-17(15-10-5-3-6-11-15)20-18(25)14-23-19(26)24(22-21-23)16-12-7-4-8-13-16/h3-8,10-13,17H,2,9,14H2,1H3,(H,20,25)/t17-/m1/s1. The molecule has 3 aromatic rings. The number of aromatic nitrogens is 4. The lowest BCUT2D eigenvalue weighted by Crippen LogP contribution is -2.35. The van der Waals surface area contributed by atoms with Gasteiger partial charge in [0.05, 0.1) is 11.7 Å². The highest BCUT2D eigenvalue weighted by molar-refractivity contribution is 5.76. The second-order valence-corrected chi connectivity index (χ2v) is 5.99. The molecule has 1 amide bonds. The first-order valence-corrected chi connectivity index (χ1v) is 8.61. The summed E-state index contributed by atoms with van der Waals surface area (Å²) in [7, 11) is 0. The number of tetrazole rings is 1. The highest BCUT2D eigenvalue weighted by atomic mass is 16.2. The van der Waals surface area contributed by atoms with Crippen LogP contribution in [0.25, 0.3) is 5.69 Å². The Bertz CT molecular complexity index is 902. The van der Waals surface area contributed by atoms with E-state index < -0.39 is 5.69 Å². The van der Waals surface area contributed by atoms with Crippen molar-refractivity contribution < 1.29 is 4.79 Å². The van der Waals surface area contributed by atoms with Crippen LogP contribution < -0.4 is 11.0 Å². The summed E-state index contributed by atoms with van der Waals surface area (Å²) < 4.78 is 2.24. The fraction of sp³-hybridized carbons (Fsp3) is 0.263. The molecule has 7 nitrogen and oxygen atoms in total. The Balaban J connectivity index is 1.72. The minimum atomic E-state index is -0.446. The average molecular weight is 351 g/mol. The molecular formula is C19H21N5O2. The molecule has 0 aliphatic heterocycles. The average Bonchev–Trinajstić information content (AvgIpc) is 3.03. The van der Waals surface area contributed by atoms with Gasteiger partial charge >= 0.3 is 5.69 Å². The summed E-state index contributed by atoms with van der Waals surface area (Å²) in [5, 5.41) is 10.6. The number of para-hydroxylation sites is 1. The second kappa shape index (κ2) is 8.24. The maximum absolute atomic E-state index is 12.4. The van der Waals surface area contributed by atoms with E-state index in [1.165, 1.54) is 4.68 Å². The summed E-state index contributed by atoms with van der Waals surface area (Å²) in [6.45, 7) is 1.90. The van der Waals surface area contributed by atoms with Gasteiger partial charge in [0.25, 0.3) is 0 Å². The molecule has 0 aliphatic carbocycles. The highest BCUT2D eigenvalue weighted by Crippen LogP contribution is 2.17.